The van der Waals surface area contributed by atoms with Gasteiger partial charge in [-0.1, -0.05) is 6.92 Å². The molecule has 0 aliphatic rings. The van der Waals surface area contributed by atoms with Crippen LogP contribution in [0.15, 0.2) is 16.5 Å². The van der Waals surface area contributed by atoms with Crippen molar-refractivity contribution in [1.29, 1.82) is 0 Å². The summed E-state index contributed by atoms with van der Waals surface area (Å²) in [5.41, 5.74) is -0.183. The maximum atomic E-state index is 11.7. The van der Waals surface area contributed by atoms with E-state index in [1.807, 2.05) is 44.9 Å². The zero-order valence-corrected chi connectivity index (χ0v) is 12.0. The number of rotatable bonds is 5. The van der Waals surface area contributed by atoms with Crippen LogP contribution in [0.3, 0.4) is 0 Å². The van der Waals surface area contributed by atoms with Crippen molar-refractivity contribution < 1.29 is 9.21 Å². The Morgan fingerprint density at radius 3 is 2.44 bits per heavy atom. The van der Waals surface area contributed by atoms with Crippen LogP contribution in [0.5, 0.6) is 0 Å². The monoisotopic (exact) mass is 252 g/mol. The third-order valence-electron chi connectivity index (χ3n) is 2.42. The Hall–Kier alpha value is -1.29. The smallest absolute Gasteiger partial charge is 0.234 e. The quantitative estimate of drug-likeness (QED) is 0.873. The van der Waals surface area contributed by atoms with Gasteiger partial charge in [0.1, 0.15) is 11.5 Å². The Morgan fingerprint density at radius 1 is 1.33 bits per heavy atom. The first-order valence-corrected chi connectivity index (χ1v) is 6.37. The van der Waals surface area contributed by atoms with Crippen LogP contribution in [-0.2, 0) is 17.8 Å². The molecule has 1 aromatic rings. The molecule has 0 spiro atoms. The van der Waals surface area contributed by atoms with Crippen molar-refractivity contribution in [1.82, 2.24) is 10.2 Å². The highest BCUT2D eigenvalue weighted by Crippen LogP contribution is 2.10. The molecule has 102 valence electrons. The highest BCUT2D eigenvalue weighted by atomic mass is 16.3. The lowest BCUT2D eigenvalue weighted by Crippen LogP contribution is -2.45. The average molecular weight is 252 g/mol. The molecule has 0 aliphatic heterocycles. The van der Waals surface area contributed by atoms with Crippen LogP contribution in [0, 0.1) is 0 Å². The van der Waals surface area contributed by atoms with Crippen LogP contribution in [0.1, 0.15) is 39.2 Å². The number of carbonyl (C=O) groups is 1. The standard InChI is InChI=1S/C14H24N2O2/c1-6-11-7-8-12(18-11)9-16(5)10-13(17)15-14(2,3)4/h7-8H,6,9-10H2,1-5H3,(H,15,17). The topological polar surface area (TPSA) is 45.5 Å². The highest BCUT2D eigenvalue weighted by Gasteiger charge is 2.15. The molecule has 1 heterocycles. The number of amides is 1. The summed E-state index contributed by atoms with van der Waals surface area (Å²) < 4.78 is 5.61. The zero-order chi connectivity index (χ0) is 13.8. The van der Waals surface area contributed by atoms with E-state index in [4.69, 9.17) is 4.42 Å². The van der Waals surface area contributed by atoms with E-state index in [-0.39, 0.29) is 11.4 Å². The summed E-state index contributed by atoms with van der Waals surface area (Å²) in [6.45, 7) is 9.01. The second-order valence-electron chi connectivity index (χ2n) is 5.69. The molecule has 0 bridgehead atoms. The molecule has 1 amide bonds. The number of carbonyl (C=O) groups excluding carboxylic acids is 1. The average Bonchev–Trinajstić information content (AvgIpc) is 2.61. The molecule has 1 rings (SSSR count). The lowest BCUT2D eigenvalue weighted by Gasteiger charge is -2.22. The minimum atomic E-state index is -0.183. The van der Waals surface area contributed by atoms with Crippen LogP contribution in [0.25, 0.3) is 0 Å². The summed E-state index contributed by atoms with van der Waals surface area (Å²) in [6, 6.07) is 3.95. The molecule has 4 heteroatoms. The molecule has 0 unspecified atom stereocenters. The molecular formula is C14H24N2O2. The van der Waals surface area contributed by atoms with Gasteiger partial charge in [0.15, 0.2) is 0 Å². The fraction of sp³-hybridized carbons (Fsp3) is 0.643. The number of hydrogen-bond acceptors (Lipinski definition) is 3. The predicted octanol–water partition coefficient (Wildman–Crippen LogP) is 2.19. The van der Waals surface area contributed by atoms with Crippen LogP contribution < -0.4 is 5.32 Å². The van der Waals surface area contributed by atoms with Gasteiger partial charge in [0, 0.05) is 12.0 Å². The van der Waals surface area contributed by atoms with E-state index in [1.165, 1.54) is 0 Å². The van der Waals surface area contributed by atoms with E-state index >= 15 is 0 Å². The summed E-state index contributed by atoms with van der Waals surface area (Å²) in [6.07, 6.45) is 0.897. The van der Waals surface area contributed by atoms with E-state index in [2.05, 4.69) is 12.2 Å². The fourth-order valence-corrected chi connectivity index (χ4v) is 1.72. The molecule has 0 radical (unpaired) electrons. The maximum absolute atomic E-state index is 11.7. The molecule has 1 N–H and O–H groups in total. The van der Waals surface area contributed by atoms with Gasteiger partial charge in [0.05, 0.1) is 13.1 Å². The van der Waals surface area contributed by atoms with E-state index in [9.17, 15) is 4.79 Å². The molecule has 0 saturated heterocycles. The summed E-state index contributed by atoms with van der Waals surface area (Å²) in [4.78, 5) is 13.7. The molecule has 0 atom stereocenters. The van der Waals surface area contributed by atoms with Gasteiger partial charge < -0.3 is 9.73 Å². The van der Waals surface area contributed by atoms with Crippen molar-refractivity contribution >= 4 is 5.91 Å². The maximum Gasteiger partial charge on any atom is 0.234 e. The Balaban J connectivity index is 2.41. The zero-order valence-electron chi connectivity index (χ0n) is 12.0. The first-order chi connectivity index (χ1) is 8.30. The minimum absolute atomic E-state index is 0.0345. The van der Waals surface area contributed by atoms with Gasteiger partial charge in [-0.3, -0.25) is 9.69 Å². The third-order valence-corrected chi connectivity index (χ3v) is 2.42. The third kappa shape index (κ3) is 5.36. The summed E-state index contributed by atoms with van der Waals surface area (Å²) >= 11 is 0. The summed E-state index contributed by atoms with van der Waals surface area (Å²) in [5, 5.41) is 2.94. The van der Waals surface area contributed by atoms with Crippen molar-refractivity contribution in [2.75, 3.05) is 13.6 Å². The largest absolute Gasteiger partial charge is 0.465 e. The van der Waals surface area contributed by atoms with E-state index in [0.29, 0.717) is 13.1 Å². The number of nitrogens with one attached hydrogen (secondary N) is 1. The summed E-state index contributed by atoms with van der Waals surface area (Å²) in [5.74, 6) is 1.92. The summed E-state index contributed by atoms with van der Waals surface area (Å²) in [7, 11) is 1.91. The minimum Gasteiger partial charge on any atom is -0.465 e. The van der Waals surface area contributed by atoms with Gasteiger partial charge in [-0.05, 0) is 40.0 Å². The van der Waals surface area contributed by atoms with E-state index in [0.717, 1.165) is 17.9 Å². The second kappa shape index (κ2) is 6.05. The van der Waals surface area contributed by atoms with Crippen molar-refractivity contribution in [3.63, 3.8) is 0 Å². The van der Waals surface area contributed by atoms with Crippen LogP contribution in [0.4, 0.5) is 0 Å². The Morgan fingerprint density at radius 2 is 1.94 bits per heavy atom. The number of furan rings is 1. The molecule has 0 saturated carbocycles. The van der Waals surface area contributed by atoms with Crippen molar-refractivity contribution in [2.45, 2.75) is 46.2 Å². The van der Waals surface area contributed by atoms with Crippen LogP contribution in [-0.4, -0.2) is 29.9 Å². The SMILES string of the molecule is CCc1ccc(CN(C)CC(=O)NC(C)(C)C)o1. The molecule has 0 fully saturated rings. The lowest BCUT2D eigenvalue weighted by atomic mass is 10.1. The first-order valence-electron chi connectivity index (χ1n) is 6.37. The fourth-order valence-electron chi connectivity index (χ4n) is 1.72. The van der Waals surface area contributed by atoms with Gasteiger partial charge in [-0.25, -0.2) is 0 Å². The predicted molar refractivity (Wildman–Crippen MR) is 72.3 cm³/mol. The Labute approximate surface area is 109 Å². The van der Waals surface area contributed by atoms with Gasteiger partial charge in [-0.2, -0.15) is 0 Å². The lowest BCUT2D eigenvalue weighted by molar-refractivity contribution is -0.123. The van der Waals surface area contributed by atoms with Gasteiger partial charge in [-0.15, -0.1) is 0 Å². The van der Waals surface area contributed by atoms with Crippen molar-refractivity contribution in [3.8, 4) is 0 Å². The number of aryl methyl sites for hydroxylation is 1. The van der Waals surface area contributed by atoms with Crippen LogP contribution in [0.2, 0.25) is 0 Å². The first kappa shape index (κ1) is 14.8. The molecule has 0 aromatic carbocycles. The normalized spacial score (nSPS) is 11.9. The molecule has 0 aliphatic carbocycles. The Kier molecular flexibility index (Phi) is 4.96. The molecule has 18 heavy (non-hydrogen) atoms. The molecule has 4 nitrogen and oxygen atoms in total. The second-order valence-corrected chi connectivity index (χ2v) is 5.69. The number of nitrogens with zero attached hydrogens (tertiary/aromatic N) is 1. The van der Waals surface area contributed by atoms with Gasteiger partial charge in [0.25, 0.3) is 0 Å². The van der Waals surface area contributed by atoms with Crippen LogP contribution >= 0.6 is 0 Å². The van der Waals surface area contributed by atoms with E-state index in [1.54, 1.807) is 0 Å². The Bertz CT molecular complexity index is 391. The van der Waals surface area contributed by atoms with Crippen molar-refractivity contribution in [2.24, 2.45) is 0 Å². The van der Waals surface area contributed by atoms with Crippen molar-refractivity contribution in [3.05, 3.63) is 23.7 Å². The number of likely N-dealkylation sites (N-methyl/N-ethyl adjacent to an activating group) is 1. The van der Waals surface area contributed by atoms with Gasteiger partial charge in [0.2, 0.25) is 5.91 Å². The molecule has 1 aromatic heterocycles. The van der Waals surface area contributed by atoms with E-state index < -0.39 is 0 Å². The highest BCUT2D eigenvalue weighted by molar-refractivity contribution is 5.78. The number of hydrogen-bond donors (Lipinski definition) is 1. The van der Waals surface area contributed by atoms with Gasteiger partial charge >= 0.3 is 0 Å². The molecular weight excluding hydrogens is 228 g/mol.